The van der Waals surface area contributed by atoms with Crippen LogP contribution in [0.15, 0.2) is 34.4 Å². The Balaban J connectivity index is 3.07. The fourth-order valence-corrected chi connectivity index (χ4v) is 1.48. The van der Waals surface area contributed by atoms with Crippen LogP contribution >= 0.6 is 15.9 Å². The first-order chi connectivity index (χ1) is 7.50. The van der Waals surface area contributed by atoms with Crippen LogP contribution in [0.25, 0.3) is 6.08 Å². The minimum atomic E-state index is -1.43. The van der Waals surface area contributed by atoms with E-state index in [1.807, 2.05) is 0 Å². The van der Waals surface area contributed by atoms with Gasteiger partial charge in [-0.25, -0.2) is 0 Å². The van der Waals surface area contributed by atoms with Gasteiger partial charge in [-0.3, -0.25) is 4.79 Å². The van der Waals surface area contributed by atoms with E-state index in [0.29, 0.717) is 5.56 Å². The number of carboxylic acids is 1. The van der Waals surface area contributed by atoms with Crippen molar-refractivity contribution in [1.29, 1.82) is 0 Å². The Morgan fingerprint density at radius 2 is 2.00 bits per heavy atom. The average Bonchev–Trinajstić information content (AvgIpc) is 2.19. The van der Waals surface area contributed by atoms with Crippen LogP contribution < -0.4 is 10.4 Å². The van der Waals surface area contributed by atoms with Gasteiger partial charge in [0.15, 0.2) is 0 Å². The fourth-order valence-electron chi connectivity index (χ4n) is 1.08. The molecule has 0 saturated carbocycles. The Labute approximate surface area is 101 Å². The van der Waals surface area contributed by atoms with Gasteiger partial charge in [0.2, 0.25) is 5.91 Å². The number of carbonyl (C=O) groups is 2. The van der Waals surface area contributed by atoms with Gasteiger partial charge >= 0.3 is 0 Å². The lowest BCUT2D eigenvalue weighted by Crippen LogP contribution is -2.34. The summed E-state index contributed by atoms with van der Waals surface area (Å²) < 4.78 is 0.735. The molecular weight excluding hydrogens is 274 g/mol. The summed E-state index contributed by atoms with van der Waals surface area (Å²) in [6, 6.07) is 7.05. The number of hydrogen-bond acceptors (Lipinski definition) is 3. The molecule has 1 aromatic rings. The predicted molar refractivity (Wildman–Crippen MR) is 60.9 cm³/mol. The molecule has 0 spiro atoms. The van der Waals surface area contributed by atoms with Crippen LogP contribution in [0.2, 0.25) is 0 Å². The maximum absolute atomic E-state index is 10.8. The molecule has 0 aromatic heterocycles. The summed E-state index contributed by atoms with van der Waals surface area (Å²) in [5, 5.41) is 12.9. The molecule has 0 fully saturated rings. The lowest BCUT2D eigenvalue weighted by molar-refractivity contribution is -0.299. The van der Waals surface area contributed by atoms with Crippen LogP contribution in [0, 0.1) is 0 Å². The van der Waals surface area contributed by atoms with Crippen LogP contribution in [0.4, 0.5) is 0 Å². The summed E-state index contributed by atoms with van der Waals surface area (Å²) >= 11 is 3.27. The molecule has 0 saturated heterocycles. The van der Waals surface area contributed by atoms with Gasteiger partial charge in [-0.05, 0) is 17.7 Å². The molecule has 0 atom stereocenters. The van der Waals surface area contributed by atoms with Crippen molar-refractivity contribution < 1.29 is 14.7 Å². The van der Waals surface area contributed by atoms with Crippen molar-refractivity contribution in [2.45, 2.75) is 6.92 Å². The number of carbonyl (C=O) groups excluding carboxylic acids is 2. The number of amides is 1. The lowest BCUT2D eigenvalue weighted by Gasteiger charge is -2.09. The summed E-state index contributed by atoms with van der Waals surface area (Å²) in [5.41, 5.74) is 0.384. The normalized spacial score (nSPS) is 11.0. The first-order valence-corrected chi connectivity index (χ1v) is 5.25. The third-order valence-electron chi connectivity index (χ3n) is 1.74. The van der Waals surface area contributed by atoms with Crippen molar-refractivity contribution in [1.82, 2.24) is 5.32 Å². The van der Waals surface area contributed by atoms with Crippen molar-refractivity contribution >= 4 is 33.9 Å². The summed E-state index contributed by atoms with van der Waals surface area (Å²) in [6.45, 7) is 1.23. The van der Waals surface area contributed by atoms with Gasteiger partial charge in [0.1, 0.15) is 0 Å². The zero-order valence-electron chi connectivity index (χ0n) is 8.49. The highest BCUT2D eigenvalue weighted by Crippen LogP contribution is 2.18. The SMILES string of the molecule is CC(=O)N/C(=C\c1ccccc1Br)C(=O)[O-]. The molecule has 1 N–H and O–H groups in total. The van der Waals surface area contributed by atoms with Crippen LogP contribution in [0.3, 0.4) is 0 Å². The molecule has 0 aliphatic rings. The second kappa shape index (κ2) is 5.46. The molecule has 0 aliphatic heterocycles. The molecule has 0 aliphatic carbocycles. The van der Waals surface area contributed by atoms with Gasteiger partial charge < -0.3 is 15.2 Å². The monoisotopic (exact) mass is 282 g/mol. The fraction of sp³-hybridized carbons (Fsp3) is 0.0909. The van der Waals surface area contributed by atoms with Crippen molar-refractivity contribution in [3.05, 3.63) is 40.0 Å². The van der Waals surface area contributed by atoms with Gasteiger partial charge in [0.25, 0.3) is 0 Å². The number of halogens is 1. The summed E-state index contributed by atoms with van der Waals surface area (Å²) in [5.74, 6) is -1.88. The van der Waals surface area contributed by atoms with Gasteiger partial charge in [-0.2, -0.15) is 0 Å². The minimum absolute atomic E-state index is 0.264. The van der Waals surface area contributed by atoms with Crippen molar-refractivity contribution in [3.8, 4) is 0 Å². The molecule has 1 rings (SSSR count). The molecule has 0 radical (unpaired) electrons. The quantitative estimate of drug-likeness (QED) is 0.829. The van der Waals surface area contributed by atoms with E-state index in [1.165, 1.54) is 13.0 Å². The summed E-state index contributed by atoms with van der Waals surface area (Å²) in [6.07, 6.45) is 1.33. The zero-order chi connectivity index (χ0) is 12.1. The van der Waals surface area contributed by atoms with Crippen LogP contribution in [0.1, 0.15) is 12.5 Å². The third kappa shape index (κ3) is 3.51. The van der Waals surface area contributed by atoms with Crippen molar-refractivity contribution in [2.24, 2.45) is 0 Å². The number of carboxylic acid groups (broad SMARTS) is 1. The Hall–Kier alpha value is -1.62. The molecule has 5 heteroatoms. The average molecular weight is 283 g/mol. The molecule has 1 amide bonds. The topological polar surface area (TPSA) is 69.2 Å². The molecule has 4 nitrogen and oxygen atoms in total. The van der Waals surface area contributed by atoms with Gasteiger partial charge in [-0.15, -0.1) is 0 Å². The molecule has 16 heavy (non-hydrogen) atoms. The number of benzene rings is 1. The number of rotatable bonds is 3. The summed E-state index contributed by atoms with van der Waals surface area (Å²) in [7, 11) is 0. The minimum Gasteiger partial charge on any atom is -0.543 e. The first-order valence-electron chi connectivity index (χ1n) is 4.46. The second-order valence-electron chi connectivity index (χ2n) is 3.05. The smallest absolute Gasteiger partial charge is 0.221 e. The van der Waals surface area contributed by atoms with E-state index < -0.39 is 11.9 Å². The van der Waals surface area contributed by atoms with E-state index in [-0.39, 0.29) is 5.70 Å². The summed E-state index contributed by atoms with van der Waals surface area (Å²) in [4.78, 5) is 21.5. The van der Waals surface area contributed by atoms with Crippen LogP contribution in [-0.4, -0.2) is 11.9 Å². The van der Waals surface area contributed by atoms with Gasteiger partial charge in [0.05, 0.1) is 11.7 Å². The largest absolute Gasteiger partial charge is 0.543 e. The predicted octanol–water partition coefficient (Wildman–Crippen LogP) is 0.676. The van der Waals surface area contributed by atoms with E-state index in [0.717, 1.165) is 4.47 Å². The highest BCUT2D eigenvalue weighted by Gasteiger charge is 2.02. The van der Waals surface area contributed by atoms with Gasteiger partial charge in [0, 0.05) is 11.4 Å². The maximum Gasteiger partial charge on any atom is 0.221 e. The van der Waals surface area contributed by atoms with Gasteiger partial charge in [-0.1, -0.05) is 34.1 Å². The van der Waals surface area contributed by atoms with Crippen molar-refractivity contribution in [3.63, 3.8) is 0 Å². The Bertz CT molecular complexity index is 454. The number of aliphatic carboxylic acids is 1. The lowest BCUT2D eigenvalue weighted by atomic mass is 10.2. The van der Waals surface area contributed by atoms with Crippen LogP contribution in [-0.2, 0) is 9.59 Å². The number of nitrogens with one attached hydrogen (secondary N) is 1. The Kier molecular flexibility index (Phi) is 4.25. The van der Waals surface area contributed by atoms with E-state index in [4.69, 9.17) is 0 Å². The molecule has 84 valence electrons. The highest BCUT2D eigenvalue weighted by molar-refractivity contribution is 9.10. The Morgan fingerprint density at radius 3 is 2.50 bits per heavy atom. The van der Waals surface area contributed by atoms with Crippen LogP contribution in [0.5, 0.6) is 0 Å². The second-order valence-corrected chi connectivity index (χ2v) is 3.90. The first kappa shape index (κ1) is 12.4. The molecule has 0 bridgehead atoms. The van der Waals surface area contributed by atoms with Crippen molar-refractivity contribution in [2.75, 3.05) is 0 Å². The van der Waals surface area contributed by atoms with E-state index in [2.05, 4.69) is 21.2 Å². The molecule has 1 aromatic carbocycles. The maximum atomic E-state index is 10.8. The van der Waals surface area contributed by atoms with E-state index in [1.54, 1.807) is 24.3 Å². The third-order valence-corrected chi connectivity index (χ3v) is 2.46. The van der Waals surface area contributed by atoms with E-state index >= 15 is 0 Å². The molecular formula is C11H9BrNO3-. The van der Waals surface area contributed by atoms with E-state index in [9.17, 15) is 14.7 Å². The molecule has 0 heterocycles. The number of hydrogen-bond donors (Lipinski definition) is 1. The molecule has 0 unspecified atom stereocenters. The highest BCUT2D eigenvalue weighted by atomic mass is 79.9. The Morgan fingerprint density at radius 1 is 1.38 bits per heavy atom. The standard InChI is InChI=1S/C11H10BrNO3/c1-7(14)13-10(11(15)16)6-8-4-2-3-5-9(8)12/h2-6H,1H3,(H,13,14)(H,15,16)/p-1/b10-6-. The zero-order valence-corrected chi connectivity index (χ0v) is 10.1.